The van der Waals surface area contributed by atoms with Crippen molar-refractivity contribution in [2.24, 2.45) is 0 Å². The molecule has 1 heterocycles. The summed E-state index contributed by atoms with van der Waals surface area (Å²) < 4.78 is 26.2. The van der Waals surface area contributed by atoms with E-state index in [-0.39, 0.29) is 10.8 Å². The minimum Gasteiger partial charge on any atom is -0.387 e. The van der Waals surface area contributed by atoms with Gasteiger partial charge in [0.05, 0.1) is 6.10 Å². The van der Waals surface area contributed by atoms with Gasteiger partial charge in [0.2, 0.25) is 0 Å². The summed E-state index contributed by atoms with van der Waals surface area (Å²) in [6, 6.07) is 2.12. The SMILES string of the molecule is CC1SCc2cc(F)cc(F)c2C1O. The Morgan fingerprint density at radius 3 is 2.86 bits per heavy atom. The van der Waals surface area contributed by atoms with Gasteiger partial charge in [-0.15, -0.1) is 0 Å². The molecule has 0 saturated carbocycles. The van der Waals surface area contributed by atoms with Crippen LogP contribution in [-0.4, -0.2) is 10.4 Å². The molecule has 0 bridgehead atoms. The Morgan fingerprint density at radius 2 is 2.14 bits per heavy atom. The smallest absolute Gasteiger partial charge is 0.132 e. The molecule has 2 unspecified atom stereocenters. The van der Waals surface area contributed by atoms with E-state index in [9.17, 15) is 13.9 Å². The largest absolute Gasteiger partial charge is 0.387 e. The predicted molar refractivity (Wildman–Crippen MR) is 52.1 cm³/mol. The number of halogens is 2. The molecule has 2 atom stereocenters. The second-order valence-electron chi connectivity index (χ2n) is 3.42. The molecular formula is C10H10F2OS. The molecule has 1 aromatic carbocycles. The van der Waals surface area contributed by atoms with Crippen LogP contribution in [-0.2, 0) is 5.75 Å². The fourth-order valence-corrected chi connectivity index (χ4v) is 2.64. The average molecular weight is 216 g/mol. The molecule has 1 aliphatic heterocycles. The fourth-order valence-electron chi connectivity index (χ4n) is 1.64. The summed E-state index contributed by atoms with van der Waals surface area (Å²) in [6.45, 7) is 1.83. The minimum absolute atomic E-state index is 0.0394. The third-order valence-electron chi connectivity index (χ3n) is 2.42. The lowest BCUT2D eigenvalue weighted by Crippen LogP contribution is -2.20. The molecule has 1 aromatic rings. The molecule has 14 heavy (non-hydrogen) atoms. The van der Waals surface area contributed by atoms with Gasteiger partial charge in [0.1, 0.15) is 11.6 Å². The van der Waals surface area contributed by atoms with Crippen LogP contribution in [0.1, 0.15) is 24.2 Å². The molecule has 1 aliphatic rings. The average Bonchev–Trinajstić information content (AvgIpc) is 2.10. The Balaban J connectivity index is 2.54. The van der Waals surface area contributed by atoms with E-state index in [2.05, 4.69) is 0 Å². The van der Waals surface area contributed by atoms with Crippen molar-refractivity contribution >= 4 is 11.8 Å². The molecule has 0 radical (unpaired) electrons. The van der Waals surface area contributed by atoms with E-state index in [0.29, 0.717) is 11.3 Å². The van der Waals surface area contributed by atoms with Gasteiger partial charge in [-0.3, -0.25) is 0 Å². The molecule has 76 valence electrons. The van der Waals surface area contributed by atoms with Crippen molar-refractivity contribution in [2.45, 2.75) is 24.0 Å². The highest BCUT2D eigenvalue weighted by Gasteiger charge is 2.28. The number of aliphatic hydroxyl groups excluding tert-OH is 1. The molecular weight excluding hydrogens is 206 g/mol. The topological polar surface area (TPSA) is 20.2 Å². The van der Waals surface area contributed by atoms with Crippen LogP contribution in [0.3, 0.4) is 0 Å². The number of hydrogen-bond donors (Lipinski definition) is 1. The predicted octanol–water partition coefficient (Wildman–Crippen LogP) is 2.63. The molecule has 2 rings (SSSR count). The highest BCUT2D eigenvalue weighted by atomic mass is 32.2. The highest BCUT2D eigenvalue weighted by molar-refractivity contribution is 7.99. The molecule has 4 heteroatoms. The number of benzene rings is 1. The summed E-state index contributed by atoms with van der Waals surface area (Å²) in [5.41, 5.74) is 0.829. The van der Waals surface area contributed by atoms with E-state index in [1.165, 1.54) is 17.8 Å². The summed E-state index contributed by atoms with van der Waals surface area (Å²) in [5, 5.41) is 9.68. The first-order chi connectivity index (χ1) is 6.59. The summed E-state index contributed by atoms with van der Waals surface area (Å²) in [7, 11) is 0. The molecule has 0 saturated heterocycles. The first-order valence-electron chi connectivity index (χ1n) is 4.37. The van der Waals surface area contributed by atoms with Gasteiger partial charge < -0.3 is 5.11 Å². The molecule has 1 N–H and O–H groups in total. The molecule has 1 nitrogen and oxygen atoms in total. The normalized spacial score (nSPS) is 26.0. The zero-order valence-corrected chi connectivity index (χ0v) is 8.44. The van der Waals surface area contributed by atoms with Gasteiger partial charge in [0.25, 0.3) is 0 Å². The van der Waals surface area contributed by atoms with E-state index in [1.54, 1.807) is 0 Å². The lowest BCUT2D eigenvalue weighted by atomic mass is 10.00. The van der Waals surface area contributed by atoms with Gasteiger partial charge in [-0.05, 0) is 11.6 Å². The van der Waals surface area contributed by atoms with Gasteiger partial charge in [-0.1, -0.05) is 6.92 Å². The number of rotatable bonds is 0. The third-order valence-corrected chi connectivity index (χ3v) is 3.68. The lowest BCUT2D eigenvalue weighted by Gasteiger charge is -2.27. The molecule has 0 fully saturated rings. The Hall–Kier alpha value is -0.610. The van der Waals surface area contributed by atoms with Crippen LogP contribution in [0.2, 0.25) is 0 Å². The van der Waals surface area contributed by atoms with Gasteiger partial charge in [0.15, 0.2) is 0 Å². The van der Waals surface area contributed by atoms with Crippen molar-refractivity contribution in [3.05, 3.63) is 34.9 Å². The molecule has 0 aliphatic carbocycles. The van der Waals surface area contributed by atoms with Crippen molar-refractivity contribution in [3.8, 4) is 0 Å². The molecule has 0 spiro atoms. The summed E-state index contributed by atoms with van der Waals surface area (Å²) in [6.07, 6.45) is -0.829. The maximum Gasteiger partial charge on any atom is 0.132 e. The van der Waals surface area contributed by atoms with Gasteiger partial charge in [0, 0.05) is 22.6 Å². The van der Waals surface area contributed by atoms with Crippen molar-refractivity contribution in [3.63, 3.8) is 0 Å². The van der Waals surface area contributed by atoms with Crippen LogP contribution in [0, 0.1) is 11.6 Å². The Morgan fingerprint density at radius 1 is 1.43 bits per heavy atom. The van der Waals surface area contributed by atoms with Crippen LogP contribution in [0.5, 0.6) is 0 Å². The Labute approximate surface area is 85.1 Å². The highest BCUT2D eigenvalue weighted by Crippen LogP contribution is 2.38. The number of aliphatic hydroxyl groups is 1. The third kappa shape index (κ3) is 1.53. The summed E-state index contributed by atoms with van der Waals surface area (Å²) in [4.78, 5) is 0. The Kier molecular flexibility index (Phi) is 2.49. The lowest BCUT2D eigenvalue weighted by molar-refractivity contribution is 0.171. The van der Waals surface area contributed by atoms with Crippen LogP contribution >= 0.6 is 11.8 Å². The van der Waals surface area contributed by atoms with Gasteiger partial charge in [-0.2, -0.15) is 11.8 Å². The zero-order chi connectivity index (χ0) is 10.3. The second kappa shape index (κ2) is 3.51. The van der Waals surface area contributed by atoms with Crippen molar-refractivity contribution in [2.75, 3.05) is 0 Å². The maximum atomic E-state index is 13.3. The van der Waals surface area contributed by atoms with E-state index in [1.807, 2.05) is 6.92 Å². The van der Waals surface area contributed by atoms with E-state index >= 15 is 0 Å². The second-order valence-corrected chi connectivity index (χ2v) is 4.79. The van der Waals surface area contributed by atoms with Gasteiger partial charge >= 0.3 is 0 Å². The van der Waals surface area contributed by atoms with Crippen molar-refractivity contribution in [1.82, 2.24) is 0 Å². The fraction of sp³-hybridized carbons (Fsp3) is 0.400. The first kappa shape index (κ1) is 9.93. The maximum absolute atomic E-state index is 13.3. The van der Waals surface area contributed by atoms with E-state index < -0.39 is 17.7 Å². The van der Waals surface area contributed by atoms with E-state index in [0.717, 1.165) is 6.07 Å². The zero-order valence-electron chi connectivity index (χ0n) is 7.63. The number of fused-ring (bicyclic) bond motifs is 1. The number of thioether (sulfide) groups is 1. The van der Waals surface area contributed by atoms with Crippen molar-refractivity contribution < 1.29 is 13.9 Å². The summed E-state index contributed by atoms with van der Waals surface area (Å²) in [5.74, 6) is -0.661. The quantitative estimate of drug-likeness (QED) is 0.719. The molecule has 0 amide bonds. The van der Waals surface area contributed by atoms with Crippen LogP contribution in [0.15, 0.2) is 12.1 Å². The van der Waals surface area contributed by atoms with Crippen LogP contribution in [0.4, 0.5) is 8.78 Å². The monoisotopic (exact) mass is 216 g/mol. The Bertz CT molecular complexity index is 367. The van der Waals surface area contributed by atoms with Crippen LogP contribution < -0.4 is 0 Å². The molecule has 0 aromatic heterocycles. The van der Waals surface area contributed by atoms with E-state index in [4.69, 9.17) is 0 Å². The van der Waals surface area contributed by atoms with Crippen LogP contribution in [0.25, 0.3) is 0 Å². The standard InChI is InChI=1S/C10H10F2OS/c1-5-10(13)9-6(4-14-5)2-7(11)3-8(9)12/h2-3,5,10,13H,4H2,1H3. The minimum atomic E-state index is -0.829. The van der Waals surface area contributed by atoms with Gasteiger partial charge in [-0.25, -0.2) is 8.78 Å². The summed E-state index contributed by atoms with van der Waals surface area (Å²) >= 11 is 1.50. The van der Waals surface area contributed by atoms with Crippen molar-refractivity contribution in [1.29, 1.82) is 0 Å². The first-order valence-corrected chi connectivity index (χ1v) is 5.42. The number of hydrogen-bond acceptors (Lipinski definition) is 2.